The van der Waals surface area contributed by atoms with Gasteiger partial charge in [-0.15, -0.1) is 0 Å². The minimum atomic E-state index is -0.376. The van der Waals surface area contributed by atoms with E-state index in [4.69, 9.17) is 9.47 Å². The highest BCUT2D eigenvalue weighted by Crippen LogP contribution is 2.23. The van der Waals surface area contributed by atoms with Crippen molar-refractivity contribution in [1.82, 2.24) is 0 Å². The van der Waals surface area contributed by atoms with Gasteiger partial charge in [-0.1, -0.05) is 24.3 Å². The van der Waals surface area contributed by atoms with Crippen LogP contribution in [-0.4, -0.2) is 11.6 Å². The third kappa shape index (κ3) is 4.12. The predicted molar refractivity (Wildman–Crippen MR) is 78.2 cm³/mol. The summed E-state index contributed by atoms with van der Waals surface area (Å²) < 4.78 is 11.1. The zero-order valence-electron chi connectivity index (χ0n) is 11.9. The van der Waals surface area contributed by atoms with Gasteiger partial charge in [0.15, 0.2) is 0 Å². The molecule has 0 fully saturated rings. The fourth-order valence-corrected chi connectivity index (χ4v) is 1.69. The summed E-state index contributed by atoms with van der Waals surface area (Å²) in [5.41, 5.74) is 0.233. The molecule has 0 amide bonds. The van der Waals surface area contributed by atoms with Gasteiger partial charge in [0.2, 0.25) is 0 Å². The van der Waals surface area contributed by atoms with Gasteiger partial charge in [-0.2, -0.15) is 0 Å². The highest BCUT2D eigenvalue weighted by molar-refractivity contribution is 5.90. The summed E-state index contributed by atoms with van der Waals surface area (Å²) in [7, 11) is 0. The average molecular weight is 270 g/mol. The monoisotopic (exact) mass is 270 g/mol. The van der Waals surface area contributed by atoms with Crippen LogP contribution >= 0.6 is 0 Å². The van der Waals surface area contributed by atoms with Gasteiger partial charge in [0.1, 0.15) is 17.1 Å². The van der Waals surface area contributed by atoms with E-state index in [1.165, 1.54) is 0 Å². The molecule has 0 aliphatic rings. The van der Waals surface area contributed by atoms with Crippen molar-refractivity contribution < 1.29 is 14.3 Å². The summed E-state index contributed by atoms with van der Waals surface area (Å²) >= 11 is 0. The summed E-state index contributed by atoms with van der Waals surface area (Å²) in [4.78, 5) is 11.9. The molecule has 0 atom stereocenters. The van der Waals surface area contributed by atoms with E-state index in [0.717, 1.165) is 0 Å². The first kappa shape index (κ1) is 14.1. The van der Waals surface area contributed by atoms with Gasteiger partial charge in [-0.05, 0) is 45.0 Å². The van der Waals surface area contributed by atoms with Crippen molar-refractivity contribution in [3.05, 3.63) is 60.2 Å². The SMILES string of the molecule is CC(C)(C)Oc1cccc(OC(=O)c2ccccc2)c1. The third-order valence-corrected chi connectivity index (χ3v) is 2.45. The van der Waals surface area contributed by atoms with Crippen molar-refractivity contribution in [3.63, 3.8) is 0 Å². The second-order valence-electron chi connectivity index (χ2n) is 5.44. The fraction of sp³-hybridized carbons (Fsp3) is 0.235. The molecule has 2 aromatic rings. The van der Waals surface area contributed by atoms with Crippen LogP contribution in [0.3, 0.4) is 0 Å². The molecule has 104 valence electrons. The number of esters is 1. The van der Waals surface area contributed by atoms with E-state index in [1.54, 1.807) is 42.5 Å². The lowest BCUT2D eigenvalue weighted by atomic mass is 10.2. The molecule has 0 heterocycles. The molecule has 20 heavy (non-hydrogen) atoms. The van der Waals surface area contributed by atoms with E-state index in [9.17, 15) is 4.79 Å². The first-order valence-electron chi connectivity index (χ1n) is 6.50. The van der Waals surface area contributed by atoms with Crippen LogP contribution in [0.2, 0.25) is 0 Å². The number of hydrogen-bond donors (Lipinski definition) is 0. The molecule has 3 heteroatoms. The van der Waals surface area contributed by atoms with E-state index in [0.29, 0.717) is 17.1 Å². The summed E-state index contributed by atoms with van der Waals surface area (Å²) in [5.74, 6) is 0.773. The molecule has 0 radical (unpaired) electrons. The Kier molecular flexibility index (Phi) is 4.08. The van der Waals surface area contributed by atoms with E-state index in [-0.39, 0.29) is 11.6 Å². The molecular formula is C17H18O3. The summed E-state index contributed by atoms with van der Waals surface area (Å²) in [5, 5.41) is 0. The zero-order valence-corrected chi connectivity index (χ0v) is 11.9. The van der Waals surface area contributed by atoms with Crippen molar-refractivity contribution in [1.29, 1.82) is 0 Å². The van der Waals surface area contributed by atoms with Gasteiger partial charge < -0.3 is 9.47 Å². The van der Waals surface area contributed by atoms with Crippen LogP contribution in [0.15, 0.2) is 54.6 Å². The second kappa shape index (κ2) is 5.78. The first-order valence-corrected chi connectivity index (χ1v) is 6.50. The standard InChI is InChI=1S/C17H18O3/c1-17(2,3)20-15-11-7-10-14(12-15)19-16(18)13-8-5-4-6-9-13/h4-12H,1-3H3. The summed E-state index contributed by atoms with van der Waals surface area (Å²) in [6.07, 6.45) is 0. The second-order valence-corrected chi connectivity index (χ2v) is 5.44. The Hall–Kier alpha value is -2.29. The topological polar surface area (TPSA) is 35.5 Å². The summed E-state index contributed by atoms with van der Waals surface area (Å²) in [6.45, 7) is 5.90. The quantitative estimate of drug-likeness (QED) is 0.622. The Morgan fingerprint density at radius 1 is 0.900 bits per heavy atom. The molecule has 0 saturated carbocycles. The molecule has 2 rings (SSSR count). The maximum absolute atomic E-state index is 11.9. The predicted octanol–water partition coefficient (Wildman–Crippen LogP) is 4.08. The summed E-state index contributed by atoms with van der Waals surface area (Å²) in [6, 6.07) is 16.0. The van der Waals surface area contributed by atoms with Gasteiger partial charge in [-0.3, -0.25) is 0 Å². The molecule has 3 nitrogen and oxygen atoms in total. The Morgan fingerprint density at radius 3 is 2.20 bits per heavy atom. The van der Waals surface area contributed by atoms with Crippen molar-refractivity contribution >= 4 is 5.97 Å². The van der Waals surface area contributed by atoms with Crippen LogP contribution in [0.25, 0.3) is 0 Å². The van der Waals surface area contributed by atoms with Crippen LogP contribution < -0.4 is 9.47 Å². The molecule has 2 aromatic carbocycles. The normalized spacial score (nSPS) is 10.9. The van der Waals surface area contributed by atoms with Crippen LogP contribution in [-0.2, 0) is 0 Å². The smallest absolute Gasteiger partial charge is 0.343 e. The van der Waals surface area contributed by atoms with Crippen LogP contribution in [0, 0.1) is 0 Å². The van der Waals surface area contributed by atoms with Crippen molar-refractivity contribution in [2.24, 2.45) is 0 Å². The fourth-order valence-electron chi connectivity index (χ4n) is 1.69. The minimum absolute atomic E-state index is 0.290. The van der Waals surface area contributed by atoms with Crippen molar-refractivity contribution in [2.45, 2.75) is 26.4 Å². The van der Waals surface area contributed by atoms with E-state index >= 15 is 0 Å². The lowest BCUT2D eigenvalue weighted by Crippen LogP contribution is -2.22. The lowest BCUT2D eigenvalue weighted by Gasteiger charge is -2.21. The molecule has 0 aromatic heterocycles. The zero-order chi connectivity index (χ0) is 14.6. The van der Waals surface area contributed by atoms with Gasteiger partial charge in [0, 0.05) is 6.07 Å². The highest BCUT2D eigenvalue weighted by Gasteiger charge is 2.13. The Bertz CT molecular complexity index is 583. The molecular weight excluding hydrogens is 252 g/mol. The number of carbonyl (C=O) groups is 1. The Morgan fingerprint density at radius 2 is 1.55 bits per heavy atom. The van der Waals surface area contributed by atoms with Gasteiger partial charge >= 0.3 is 5.97 Å². The molecule has 0 bridgehead atoms. The number of hydrogen-bond acceptors (Lipinski definition) is 3. The number of benzene rings is 2. The van der Waals surface area contributed by atoms with Crippen LogP contribution in [0.1, 0.15) is 31.1 Å². The largest absolute Gasteiger partial charge is 0.488 e. The van der Waals surface area contributed by atoms with Crippen LogP contribution in [0.4, 0.5) is 0 Å². The molecule has 0 saturated heterocycles. The van der Waals surface area contributed by atoms with Crippen molar-refractivity contribution in [2.75, 3.05) is 0 Å². The Balaban J connectivity index is 2.10. The van der Waals surface area contributed by atoms with Crippen molar-refractivity contribution in [3.8, 4) is 11.5 Å². The first-order chi connectivity index (χ1) is 9.44. The minimum Gasteiger partial charge on any atom is -0.488 e. The molecule has 0 unspecified atom stereocenters. The van der Waals surface area contributed by atoms with E-state index < -0.39 is 0 Å². The van der Waals surface area contributed by atoms with Gasteiger partial charge in [0.25, 0.3) is 0 Å². The highest BCUT2D eigenvalue weighted by atomic mass is 16.5. The van der Waals surface area contributed by atoms with Gasteiger partial charge in [0.05, 0.1) is 5.56 Å². The van der Waals surface area contributed by atoms with E-state index in [2.05, 4.69) is 0 Å². The third-order valence-electron chi connectivity index (χ3n) is 2.45. The van der Waals surface area contributed by atoms with Crippen LogP contribution in [0.5, 0.6) is 11.5 Å². The maximum atomic E-state index is 11.9. The average Bonchev–Trinajstić information content (AvgIpc) is 2.38. The number of carbonyl (C=O) groups excluding carboxylic acids is 1. The molecule has 0 spiro atoms. The van der Waals surface area contributed by atoms with E-state index in [1.807, 2.05) is 32.9 Å². The number of ether oxygens (including phenoxy) is 2. The molecule has 0 N–H and O–H groups in total. The molecule has 0 aliphatic heterocycles. The molecule has 0 aliphatic carbocycles. The maximum Gasteiger partial charge on any atom is 0.343 e. The number of rotatable bonds is 3. The lowest BCUT2D eigenvalue weighted by molar-refractivity contribution is 0.0733. The Labute approximate surface area is 119 Å². The van der Waals surface area contributed by atoms with Gasteiger partial charge in [-0.25, -0.2) is 4.79 Å².